The molecule has 0 spiro atoms. The largest absolute Gasteiger partial charge is 0.497 e. The van der Waals surface area contributed by atoms with Gasteiger partial charge in [0, 0.05) is 12.1 Å². The van der Waals surface area contributed by atoms with Crippen LogP contribution < -0.4 is 16.2 Å². The lowest BCUT2D eigenvalue weighted by Crippen LogP contribution is -2.31. The highest BCUT2D eigenvalue weighted by molar-refractivity contribution is 5.29. The lowest BCUT2D eigenvalue weighted by molar-refractivity contribution is 0.285. The first-order chi connectivity index (χ1) is 8.20. The zero-order valence-electron chi connectivity index (χ0n) is 10.4. The van der Waals surface area contributed by atoms with Gasteiger partial charge >= 0.3 is 0 Å². The molecule has 0 radical (unpaired) electrons. The Hall–Kier alpha value is -1.06. The molecule has 0 amide bonds. The number of methoxy groups -OCH3 is 1. The second-order valence-electron chi connectivity index (χ2n) is 4.97. The van der Waals surface area contributed by atoms with Gasteiger partial charge in [0.25, 0.3) is 0 Å². The Morgan fingerprint density at radius 2 is 1.71 bits per heavy atom. The molecule has 0 bridgehead atoms. The molecule has 1 atom stereocenters. The van der Waals surface area contributed by atoms with Gasteiger partial charge in [0.05, 0.1) is 7.11 Å². The molecule has 0 aliphatic heterocycles. The predicted molar refractivity (Wildman–Crippen MR) is 69.9 cm³/mol. The summed E-state index contributed by atoms with van der Waals surface area (Å²) in [6.07, 6.45) is 4.51. The zero-order valence-corrected chi connectivity index (χ0v) is 10.4. The topological polar surface area (TPSA) is 61.3 Å². The molecule has 0 saturated heterocycles. The van der Waals surface area contributed by atoms with Crippen molar-refractivity contribution in [3.8, 4) is 5.75 Å². The van der Waals surface area contributed by atoms with Gasteiger partial charge in [0.1, 0.15) is 5.75 Å². The van der Waals surface area contributed by atoms with Gasteiger partial charge < -0.3 is 16.2 Å². The van der Waals surface area contributed by atoms with Crippen molar-refractivity contribution in [2.45, 2.75) is 37.8 Å². The molecule has 1 aromatic rings. The highest BCUT2D eigenvalue weighted by Gasteiger charge is 2.24. The second kappa shape index (κ2) is 5.52. The molecule has 1 fully saturated rings. The fourth-order valence-corrected chi connectivity index (χ4v) is 2.60. The highest BCUT2D eigenvalue weighted by Crippen LogP contribution is 2.32. The molecule has 3 nitrogen and oxygen atoms in total. The van der Waals surface area contributed by atoms with Gasteiger partial charge in [-0.25, -0.2) is 0 Å². The van der Waals surface area contributed by atoms with Gasteiger partial charge in [-0.3, -0.25) is 0 Å². The van der Waals surface area contributed by atoms with E-state index in [-0.39, 0.29) is 6.04 Å². The third-order valence-corrected chi connectivity index (χ3v) is 3.83. The van der Waals surface area contributed by atoms with Crippen LogP contribution in [0.4, 0.5) is 0 Å². The van der Waals surface area contributed by atoms with Crippen molar-refractivity contribution in [2.24, 2.45) is 17.4 Å². The Morgan fingerprint density at radius 1 is 1.12 bits per heavy atom. The van der Waals surface area contributed by atoms with Gasteiger partial charge in [-0.2, -0.15) is 0 Å². The summed E-state index contributed by atoms with van der Waals surface area (Å²) in [7, 11) is 1.68. The summed E-state index contributed by atoms with van der Waals surface area (Å²) in [6.45, 7) is 0. The molecule has 1 saturated carbocycles. The van der Waals surface area contributed by atoms with Crippen LogP contribution in [0.15, 0.2) is 24.3 Å². The van der Waals surface area contributed by atoms with Crippen molar-refractivity contribution in [1.82, 2.24) is 0 Å². The van der Waals surface area contributed by atoms with Crippen LogP contribution in [0.3, 0.4) is 0 Å². The third-order valence-electron chi connectivity index (χ3n) is 3.83. The molecular formula is C14H22N2O. The van der Waals surface area contributed by atoms with Crippen LogP contribution in [0.25, 0.3) is 0 Å². The van der Waals surface area contributed by atoms with E-state index in [4.69, 9.17) is 16.2 Å². The number of hydrogen-bond acceptors (Lipinski definition) is 3. The quantitative estimate of drug-likeness (QED) is 0.843. The van der Waals surface area contributed by atoms with E-state index in [1.54, 1.807) is 7.11 Å². The first kappa shape index (κ1) is 12.4. The van der Waals surface area contributed by atoms with Crippen molar-refractivity contribution in [2.75, 3.05) is 7.11 Å². The molecule has 1 aliphatic carbocycles. The standard InChI is InChI=1S/C14H22N2O/c1-17-13-8-4-11(5-9-13)14(16)10-2-6-12(15)7-3-10/h4-5,8-10,12,14H,2-3,6-7,15-16H2,1H3. The minimum absolute atomic E-state index is 0.133. The summed E-state index contributed by atoms with van der Waals surface area (Å²) in [5.74, 6) is 1.45. The lowest BCUT2D eigenvalue weighted by Gasteiger charge is -2.30. The fraction of sp³-hybridized carbons (Fsp3) is 0.571. The molecule has 17 heavy (non-hydrogen) atoms. The van der Waals surface area contributed by atoms with Gasteiger partial charge in [0.2, 0.25) is 0 Å². The molecule has 1 aliphatic rings. The number of ether oxygens (including phenoxy) is 1. The van der Waals surface area contributed by atoms with Crippen molar-refractivity contribution >= 4 is 0 Å². The van der Waals surface area contributed by atoms with E-state index >= 15 is 0 Å². The minimum atomic E-state index is 0.133. The van der Waals surface area contributed by atoms with Crippen LogP contribution in [0.2, 0.25) is 0 Å². The summed E-state index contributed by atoms with van der Waals surface area (Å²) in [5, 5.41) is 0. The molecule has 0 heterocycles. The molecule has 1 unspecified atom stereocenters. The predicted octanol–water partition coefficient (Wildman–Crippen LogP) is 2.21. The molecule has 4 N–H and O–H groups in total. The van der Waals surface area contributed by atoms with Crippen LogP contribution in [0, 0.1) is 5.92 Å². The maximum atomic E-state index is 6.33. The van der Waals surface area contributed by atoms with Crippen molar-refractivity contribution in [1.29, 1.82) is 0 Å². The Bertz CT molecular complexity index is 342. The number of nitrogens with two attached hydrogens (primary N) is 2. The van der Waals surface area contributed by atoms with Crippen LogP contribution in [-0.4, -0.2) is 13.2 Å². The van der Waals surface area contributed by atoms with E-state index in [1.165, 1.54) is 5.56 Å². The smallest absolute Gasteiger partial charge is 0.118 e. The summed E-state index contributed by atoms with van der Waals surface area (Å²) in [4.78, 5) is 0. The van der Waals surface area contributed by atoms with Crippen LogP contribution in [0.5, 0.6) is 5.75 Å². The normalized spacial score (nSPS) is 26.5. The summed E-state index contributed by atoms with van der Waals surface area (Å²) in [6, 6.07) is 8.60. The molecule has 3 heteroatoms. The van der Waals surface area contributed by atoms with E-state index in [0.29, 0.717) is 12.0 Å². The average Bonchev–Trinajstić information content (AvgIpc) is 2.39. The Labute approximate surface area is 103 Å². The minimum Gasteiger partial charge on any atom is -0.497 e. The molecule has 94 valence electrons. The van der Waals surface area contributed by atoms with E-state index in [1.807, 2.05) is 12.1 Å². The summed E-state index contributed by atoms with van der Waals surface area (Å²) >= 11 is 0. The molecule has 2 rings (SSSR count). The van der Waals surface area contributed by atoms with Gasteiger partial charge in [-0.1, -0.05) is 12.1 Å². The summed E-state index contributed by atoms with van der Waals surface area (Å²) < 4.78 is 5.15. The van der Waals surface area contributed by atoms with E-state index < -0.39 is 0 Å². The Morgan fingerprint density at radius 3 is 2.24 bits per heavy atom. The van der Waals surface area contributed by atoms with E-state index in [9.17, 15) is 0 Å². The lowest BCUT2D eigenvalue weighted by atomic mass is 9.80. The fourth-order valence-electron chi connectivity index (χ4n) is 2.60. The average molecular weight is 234 g/mol. The Balaban J connectivity index is 2.00. The first-order valence-corrected chi connectivity index (χ1v) is 6.36. The number of benzene rings is 1. The highest BCUT2D eigenvalue weighted by atomic mass is 16.5. The molecule has 1 aromatic carbocycles. The Kier molecular flexibility index (Phi) is 4.02. The van der Waals surface area contributed by atoms with Crippen LogP contribution >= 0.6 is 0 Å². The molecular weight excluding hydrogens is 212 g/mol. The monoisotopic (exact) mass is 234 g/mol. The van der Waals surface area contributed by atoms with E-state index in [0.717, 1.165) is 31.4 Å². The van der Waals surface area contributed by atoms with E-state index in [2.05, 4.69) is 12.1 Å². The van der Waals surface area contributed by atoms with Crippen molar-refractivity contribution in [3.05, 3.63) is 29.8 Å². The van der Waals surface area contributed by atoms with Crippen LogP contribution in [0.1, 0.15) is 37.3 Å². The van der Waals surface area contributed by atoms with Crippen molar-refractivity contribution in [3.63, 3.8) is 0 Å². The SMILES string of the molecule is COc1ccc(C(N)C2CCC(N)CC2)cc1. The molecule has 0 aromatic heterocycles. The summed E-state index contributed by atoms with van der Waals surface area (Å²) in [5.41, 5.74) is 13.4. The maximum absolute atomic E-state index is 6.33. The van der Waals surface area contributed by atoms with Crippen LogP contribution in [-0.2, 0) is 0 Å². The first-order valence-electron chi connectivity index (χ1n) is 6.36. The van der Waals surface area contributed by atoms with Gasteiger partial charge in [0.15, 0.2) is 0 Å². The van der Waals surface area contributed by atoms with Crippen molar-refractivity contribution < 1.29 is 4.74 Å². The maximum Gasteiger partial charge on any atom is 0.118 e. The van der Waals surface area contributed by atoms with Gasteiger partial charge in [-0.05, 0) is 49.3 Å². The third kappa shape index (κ3) is 2.99. The van der Waals surface area contributed by atoms with Gasteiger partial charge in [-0.15, -0.1) is 0 Å². The zero-order chi connectivity index (χ0) is 12.3. The number of rotatable bonds is 3. The second-order valence-corrected chi connectivity index (χ2v) is 4.97. The number of hydrogen-bond donors (Lipinski definition) is 2.